The summed E-state index contributed by atoms with van der Waals surface area (Å²) in [4.78, 5) is 1.45. The van der Waals surface area contributed by atoms with Crippen molar-refractivity contribution in [3.63, 3.8) is 0 Å². The third kappa shape index (κ3) is 1.85. The molecule has 3 rings (SSSR count). The summed E-state index contributed by atoms with van der Waals surface area (Å²) in [6, 6.07) is 4.81. The van der Waals surface area contributed by atoms with E-state index in [0.717, 1.165) is 13.0 Å². The number of fused-ring (bicyclic) bond motifs is 1. The van der Waals surface area contributed by atoms with Gasteiger partial charge in [0, 0.05) is 17.5 Å². The normalized spacial score (nSPS) is 18.8. The third-order valence-corrected chi connectivity index (χ3v) is 4.69. The average Bonchev–Trinajstić information content (AvgIpc) is 2.94. The second kappa shape index (κ2) is 4.43. The lowest BCUT2D eigenvalue weighted by Gasteiger charge is -2.25. The summed E-state index contributed by atoms with van der Waals surface area (Å²) >= 11 is 1.85. The van der Waals surface area contributed by atoms with Crippen molar-refractivity contribution in [2.24, 2.45) is 0 Å². The fourth-order valence-corrected chi connectivity index (χ4v) is 3.54. The van der Waals surface area contributed by atoms with Crippen LogP contribution in [0.25, 0.3) is 0 Å². The highest BCUT2D eigenvalue weighted by atomic mass is 32.1. The highest BCUT2D eigenvalue weighted by Crippen LogP contribution is 2.35. The molecular weight excluding hydrogens is 242 g/mol. The lowest BCUT2D eigenvalue weighted by atomic mass is 10.1. The van der Waals surface area contributed by atoms with Crippen LogP contribution in [-0.2, 0) is 0 Å². The number of aromatic nitrogens is 2. The average molecular weight is 261 g/mol. The summed E-state index contributed by atoms with van der Waals surface area (Å²) in [6.07, 6.45) is 1.12. The maximum Gasteiger partial charge on any atom is 0.125 e. The summed E-state index contributed by atoms with van der Waals surface area (Å²) in [6.45, 7) is 7.62. The predicted molar refractivity (Wildman–Crippen MR) is 76.6 cm³/mol. The first kappa shape index (κ1) is 11.8. The van der Waals surface area contributed by atoms with Crippen LogP contribution in [0.5, 0.6) is 0 Å². The number of nitrogens with one attached hydrogen (secondary N) is 1. The van der Waals surface area contributed by atoms with E-state index in [2.05, 4.69) is 48.3 Å². The molecule has 1 atom stereocenters. The van der Waals surface area contributed by atoms with Crippen molar-refractivity contribution in [1.82, 2.24) is 9.78 Å². The van der Waals surface area contributed by atoms with Crippen molar-refractivity contribution >= 4 is 17.2 Å². The van der Waals surface area contributed by atoms with Gasteiger partial charge in [-0.2, -0.15) is 5.10 Å². The number of anilines is 1. The molecule has 1 aliphatic heterocycles. The third-order valence-electron chi connectivity index (χ3n) is 3.57. The van der Waals surface area contributed by atoms with Crippen molar-refractivity contribution in [2.75, 3.05) is 11.9 Å². The molecule has 18 heavy (non-hydrogen) atoms. The Bertz CT molecular complexity index is 553. The summed E-state index contributed by atoms with van der Waals surface area (Å²) in [5.74, 6) is 1.65. The zero-order valence-electron chi connectivity index (χ0n) is 11.1. The molecule has 1 aliphatic rings. The van der Waals surface area contributed by atoms with Crippen molar-refractivity contribution in [3.8, 4) is 0 Å². The second-order valence-electron chi connectivity index (χ2n) is 5.25. The van der Waals surface area contributed by atoms with Crippen molar-refractivity contribution in [3.05, 3.63) is 33.6 Å². The van der Waals surface area contributed by atoms with Gasteiger partial charge in [-0.3, -0.25) is 0 Å². The van der Waals surface area contributed by atoms with Crippen LogP contribution >= 0.6 is 11.3 Å². The van der Waals surface area contributed by atoms with Gasteiger partial charge in [0.2, 0.25) is 0 Å². The standard InChI is InChI=1S/C14H19N3S/c1-9(2)11-8-13-15-6-4-12(17(13)16-11)14-10(3)5-7-18-14/h5,7-9,12,15H,4,6H2,1-3H3. The highest BCUT2D eigenvalue weighted by Gasteiger charge is 2.25. The quantitative estimate of drug-likeness (QED) is 0.891. The molecule has 2 aromatic rings. The van der Waals surface area contributed by atoms with E-state index in [1.165, 1.54) is 22.0 Å². The van der Waals surface area contributed by atoms with Gasteiger partial charge >= 0.3 is 0 Å². The van der Waals surface area contributed by atoms with Gasteiger partial charge in [0.15, 0.2) is 0 Å². The Balaban J connectivity index is 2.04. The molecular formula is C14H19N3S. The van der Waals surface area contributed by atoms with Gasteiger partial charge in [0.25, 0.3) is 0 Å². The van der Waals surface area contributed by atoms with Crippen LogP contribution in [0.2, 0.25) is 0 Å². The molecule has 0 saturated carbocycles. The number of nitrogens with zero attached hydrogens (tertiary/aromatic N) is 2. The lowest BCUT2D eigenvalue weighted by molar-refractivity contribution is 0.481. The van der Waals surface area contributed by atoms with E-state index in [1.807, 2.05) is 11.3 Å². The molecule has 0 bridgehead atoms. The van der Waals surface area contributed by atoms with E-state index in [9.17, 15) is 0 Å². The molecule has 4 heteroatoms. The van der Waals surface area contributed by atoms with Crippen molar-refractivity contribution in [1.29, 1.82) is 0 Å². The van der Waals surface area contributed by atoms with Crippen LogP contribution < -0.4 is 5.32 Å². The van der Waals surface area contributed by atoms with Crippen molar-refractivity contribution < 1.29 is 0 Å². The van der Waals surface area contributed by atoms with Gasteiger partial charge in [-0.1, -0.05) is 13.8 Å². The molecule has 0 fully saturated rings. The Labute approximate surface area is 112 Å². The van der Waals surface area contributed by atoms with Gasteiger partial charge in [-0.25, -0.2) is 4.68 Å². The highest BCUT2D eigenvalue weighted by molar-refractivity contribution is 7.10. The zero-order valence-corrected chi connectivity index (χ0v) is 11.9. The zero-order chi connectivity index (χ0) is 12.7. The maximum absolute atomic E-state index is 4.79. The summed E-state index contributed by atoms with van der Waals surface area (Å²) in [7, 11) is 0. The molecule has 96 valence electrons. The number of thiophene rings is 1. The summed E-state index contributed by atoms with van der Waals surface area (Å²) in [5.41, 5.74) is 2.57. The Kier molecular flexibility index (Phi) is 2.90. The van der Waals surface area contributed by atoms with Gasteiger partial charge in [0.1, 0.15) is 5.82 Å². The fraction of sp³-hybridized carbons (Fsp3) is 0.500. The number of hydrogen-bond donors (Lipinski definition) is 1. The van der Waals surface area contributed by atoms with Crippen LogP contribution in [0.4, 0.5) is 5.82 Å². The van der Waals surface area contributed by atoms with Crippen LogP contribution in [0, 0.1) is 6.92 Å². The van der Waals surface area contributed by atoms with Gasteiger partial charge < -0.3 is 5.32 Å². The molecule has 3 heterocycles. The van der Waals surface area contributed by atoms with Gasteiger partial charge in [-0.15, -0.1) is 11.3 Å². The van der Waals surface area contributed by atoms with Crippen LogP contribution in [-0.4, -0.2) is 16.3 Å². The lowest BCUT2D eigenvalue weighted by Crippen LogP contribution is -2.24. The van der Waals surface area contributed by atoms with Crippen LogP contribution in [0.1, 0.15) is 48.4 Å². The molecule has 0 amide bonds. The molecule has 1 unspecified atom stereocenters. The minimum Gasteiger partial charge on any atom is -0.370 e. The van der Waals surface area contributed by atoms with E-state index in [4.69, 9.17) is 5.10 Å². The Hall–Kier alpha value is -1.29. The van der Waals surface area contributed by atoms with E-state index >= 15 is 0 Å². The molecule has 3 nitrogen and oxygen atoms in total. The predicted octanol–water partition coefficient (Wildman–Crippen LogP) is 3.78. The molecule has 0 aromatic carbocycles. The summed E-state index contributed by atoms with van der Waals surface area (Å²) < 4.78 is 2.18. The molecule has 0 aliphatic carbocycles. The first-order valence-corrected chi connectivity index (χ1v) is 7.42. The molecule has 1 N–H and O–H groups in total. The first-order valence-electron chi connectivity index (χ1n) is 6.54. The Morgan fingerprint density at radius 2 is 2.33 bits per heavy atom. The molecule has 0 saturated heterocycles. The number of aryl methyl sites for hydroxylation is 1. The molecule has 0 radical (unpaired) electrons. The van der Waals surface area contributed by atoms with E-state index < -0.39 is 0 Å². The monoisotopic (exact) mass is 261 g/mol. The molecule has 2 aromatic heterocycles. The van der Waals surface area contributed by atoms with E-state index in [1.54, 1.807) is 0 Å². The van der Waals surface area contributed by atoms with Gasteiger partial charge in [-0.05, 0) is 36.3 Å². The Morgan fingerprint density at radius 3 is 3.00 bits per heavy atom. The maximum atomic E-state index is 4.79. The van der Waals surface area contributed by atoms with E-state index in [-0.39, 0.29) is 0 Å². The minimum atomic E-state index is 0.411. The van der Waals surface area contributed by atoms with Gasteiger partial charge in [0.05, 0.1) is 11.7 Å². The first-order chi connectivity index (χ1) is 8.66. The number of hydrogen-bond acceptors (Lipinski definition) is 3. The Morgan fingerprint density at radius 1 is 1.50 bits per heavy atom. The largest absolute Gasteiger partial charge is 0.370 e. The van der Waals surface area contributed by atoms with E-state index in [0.29, 0.717) is 12.0 Å². The van der Waals surface area contributed by atoms with Crippen LogP contribution in [0.15, 0.2) is 17.5 Å². The van der Waals surface area contributed by atoms with Crippen LogP contribution in [0.3, 0.4) is 0 Å². The topological polar surface area (TPSA) is 29.9 Å². The smallest absolute Gasteiger partial charge is 0.125 e. The second-order valence-corrected chi connectivity index (χ2v) is 6.20. The van der Waals surface area contributed by atoms with Crippen molar-refractivity contribution in [2.45, 2.75) is 39.2 Å². The minimum absolute atomic E-state index is 0.411. The SMILES string of the molecule is Cc1ccsc1C1CCNc2cc(C(C)C)nn21. The molecule has 0 spiro atoms. The summed E-state index contributed by atoms with van der Waals surface area (Å²) in [5, 5.41) is 10.4. The fourth-order valence-electron chi connectivity index (χ4n) is 2.49. The number of rotatable bonds is 2.